The van der Waals surface area contributed by atoms with E-state index in [2.05, 4.69) is 17.2 Å². The predicted molar refractivity (Wildman–Crippen MR) is 50.4 cm³/mol. The second-order valence-electron chi connectivity index (χ2n) is 3.15. The van der Waals surface area contributed by atoms with Crippen molar-refractivity contribution < 1.29 is 6.26 Å². The van der Waals surface area contributed by atoms with E-state index in [1.54, 1.807) is 14.2 Å². The zero-order valence-electron chi connectivity index (χ0n) is 8.02. The first-order valence-electron chi connectivity index (χ1n) is 4.51. The molecule has 1 aliphatic carbocycles. The highest BCUT2D eigenvalue weighted by molar-refractivity contribution is 4.59. The summed E-state index contributed by atoms with van der Waals surface area (Å²) in [7, 11) is 3.28. The third-order valence-corrected chi connectivity index (χ3v) is 2.10. The van der Waals surface area contributed by atoms with Crippen LogP contribution in [0.1, 0.15) is 40.5 Å². The van der Waals surface area contributed by atoms with Crippen molar-refractivity contribution in [3.63, 3.8) is 0 Å². The molecule has 1 N–H and O–H groups in total. The number of nitrogens with one attached hydrogen (secondary N) is 1. The largest absolute Gasteiger partial charge is 0.305 e. The van der Waals surface area contributed by atoms with Crippen molar-refractivity contribution in [2.45, 2.75) is 39.0 Å². The molecule has 0 aromatic rings. The van der Waals surface area contributed by atoms with Crippen molar-refractivity contribution in [2.24, 2.45) is 5.92 Å². The van der Waals surface area contributed by atoms with Gasteiger partial charge in [-0.25, -0.2) is 5.48 Å². The van der Waals surface area contributed by atoms with Crippen LogP contribution in [0.2, 0.25) is 0 Å². The van der Waals surface area contributed by atoms with E-state index in [4.69, 9.17) is 0 Å². The molecule has 1 fully saturated rings. The van der Waals surface area contributed by atoms with E-state index in [-0.39, 0.29) is 1.43 Å². The lowest BCUT2D eigenvalue weighted by atomic mass is 9.91. The standard InChI is InChI=1S/C7H14.C2H7NO.H2/c1-7-5-3-2-4-6-7;1-3-4-2;/h7H,2-6H2,1H3;3H,1-2H3;1H. The molecule has 0 aliphatic heterocycles. The maximum atomic E-state index is 4.29. The van der Waals surface area contributed by atoms with Crippen molar-refractivity contribution in [1.82, 2.24) is 5.48 Å². The summed E-state index contributed by atoms with van der Waals surface area (Å²) in [4.78, 5) is 4.29. The van der Waals surface area contributed by atoms with Crippen molar-refractivity contribution in [1.29, 1.82) is 0 Å². The van der Waals surface area contributed by atoms with E-state index in [0.29, 0.717) is 0 Å². The number of hydrogen-bond acceptors (Lipinski definition) is 2. The average Bonchev–Trinajstić information content (AvgIpc) is 2.07. The molecule has 1 saturated carbocycles. The van der Waals surface area contributed by atoms with E-state index < -0.39 is 0 Å². The quantitative estimate of drug-likeness (QED) is 0.597. The van der Waals surface area contributed by atoms with E-state index in [0.717, 1.165) is 5.92 Å². The Kier molecular flexibility index (Phi) is 7.96. The lowest BCUT2D eigenvalue weighted by Gasteiger charge is -2.15. The molecule has 0 unspecified atom stereocenters. The highest BCUT2D eigenvalue weighted by Crippen LogP contribution is 2.21. The lowest BCUT2D eigenvalue weighted by Crippen LogP contribution is -2.00. The predicted octanol–water partition coefficient (Wildman–Crippen LogP) is 2.60. The third kappa shape index (κ3) is 7.82. The van der Waals surface area contributed by atoms with Crippen LogP contribution in [0, 0.1) is 5.92 Å². The molecule has 0 radical (unpaired) electrons. The van der Waals surface area contributed by atoms with Crippen molar-refractivity contribution >= 4 is 0 Å². The van der Waals surface area contributed by atoms with Gasteiger partial charge in [0.1, 0.15) is 0 Å². The van der Waals surface area contributed by atoms with Crippen LogP contribution in [-0.4, -0.2) is 14.2 Å². The second-order valence-corrected chi connectivity index (χ2v) is 3.15. The Labute approximate surface area is 71.8 Å². The molecule has 0 saturated heterocycles. The summed E-state index contributed by atoms with van der Waals surface area (Å²) in [5.74, 6) is 1.04. The fourth-order valence-electron chi connectivity index (χ4n) is 1.31. The summed E-state index contributed by atoms with van der Waals surface area (Å²) in [5.41, 5.74) is 2.43. The van der Waals surface area contributed by atoms with Crippen LogP contribution in [-0.2, 0) is 4.84 Å². The van der Waals surface area contributed by atoms with Gasteiger partial charge in [-0.1, -0.05) is 39.0 Å². The molecule has 0 aromatic heterocycles. The lowest BCUT2D eigenvalue weighted by molar-refractivity contribution is 0.112. The number of rotatable bonds is 1. The van der Waals surface area contributed by atoms with Crippen LogP contribution in [0.4, 0.5) is 0 Å². The van der Waals surface area contributed by atoms with Gasteiger partial charge in [-0.3, -0.25) is 0 Å². The van der Waals surface area contributed by atoms with E-state index in [1.807, 2.05) is 0 Å². The smallest absolute Gasteiger partial charge is 0.0572 e. The molecule has 0 atom stereocenters. The SMILES string of the molecule is CC1CCCCC1.CNOC.[HH]. The topological polar surface area (TPSA) is 21.3 Å². The first-order valence-corrected chi connectivity index (χ1v) is 4.51. The fourth-order valence-corrected chi connectivity index (χ4v) is 1.31. The van der Waals surface area contributed by atoms with Gasteiger partial charge in [0.15, 0.2) is 0 Å². The van der Waals surface area contributed by atoms with Gasteiger partial charge in [-0.2, -0.15) is 0 Å². The van der Waals surface area contributed by atoms with E-state index >= 15 is 0 Å². The van der Waals surface area contributed by atoms with Gasteiger partial charge < -0.3 is 4.84 Å². The first-order chi connectivity index (χ1) is 5.31. The summed E-state index contributed by atoms with van der Waals surface area (Å²) < 4.78 is 0. The second kappa shape index (κ2) is 8.02. The monoisotopic (exact) mass is 161 g/mol. The van der Waals surface area contributed by atoms with Gasteiger partial charge in [0.05, 0.1) is 7.11 Å². The average molecular weight is 161 g/mol. The maximum absolute atomic E-state index is 4.29. The number of hydrogen-bond donors (Lipinski definition) is 1. The molecule has 11 heavy (non-hydrogen) atoms. The molecular formula is C9H23NO. The van der Waals surface area contributed by atoms with Gasteiger partial charge >= 0.3 is 0 Å². The zero-order chi connectivity index (χ0) is 8.53. The van der Waals surface area contributed by atoms with Crippen LogP contribution in [0.5, 0.6) is 0 Å². The summed E-state index contributed by atoms with van der Waals surface area (Å²) >= 11 is 0. The fraction of sp³-hybridized carbons (Fsp3) is 1.00. The summed E-state index contributed by atoms with van der Waals surface area (Å²) in [6, 6.07) is 0. The Balaban J connectivity index is 0. The Morgan fingerprint density at radius 2 is 1.73 bits per heavy atom. The molecule has 2 heteroatoms. The Hall–Kier alpha value is -0.0800. The minimum absolute atomic E-state index is 0. The molecule has 0 spiro atoms. The Morgan fingerprint density at radius 3 is 1.91 bits per heavy atom. The van der Waals surface area contributed by atoms with Crippen molar-refractivity contribution in [3.8, 4) is 0 Å². The van der Waals surface area contributed by atoms with Crippen LogP contribution >= 0.6 is 0 Å². The molecule has 0 aromatic carbocycles. The van der Waals surface area contributed by atoms with E-state index in [1.165, 1.54) is 32.1 Å². The highest BCUT2D eigenvalue weighted by Gasteiger charge is 2.05. The molecule has 0 amide bonds. The van der Waals surface area contributed by atoms with Gasteiger partial charge in [0, 0.05) is 8.47 Å². The normalized spacial score (nSPS) is 18.8. The number of hydroxylamine groups is 1. The van der Waals surface area contributed by atoms with Crippen LogP contribution in [0.15, 0.2) is 0 Å². The van der Waals surface area contributed by atoms with Crippen LogP contribution in [0.25, 0.3) is 0 Å². The Bertz CT molecular complexity index is 72.9. The van der Waals surface area contributed by atoms with Crippen LogP contribution < -0.4 is 5.48 Å². The maximum Gasteiger partial charge on any atom is 0.0572 e. The van der Waals surface area contributed by atoms with Gasteiger partial charge in [-0.15, -0.1) is 0 Å². The summed E-state index contributed by atoms with van der Waals surface area (Å²) in [5, 5.41) is 0. The van der Waals surface area contributed by atoms with Gasteiger partial charge in [-0.05, 0) is 5.92 Å². The molecule has 1 aliphatic rings. The van der Waals surface area contributed by atoms with Crippen LogP contribution in [0.3, 0.4) is 0 Å². The summed E-state index contributed by atoms with van der Waals surface area (Å²) in [6.07, 6.45) is 7.44. The van der Waals surface area contributed by atoms with Gasteiger partial charge in [0.2, 0.25) is 0 Å². The molecular weight excluding hydrogens is 138 g/mol. The Morgan fingerprint density at radius 1 is 1.27 bits per heavy atom. The minimum Gasteiger partial charge on any atom is -0.305 e. The zero-order valence-corrected chi connectivity index (χ0v) is 8.02. The van der Waals surface area contributed by atoms with Gasteiger partial charge in [0.25, 0.3) is 0 Å². The molecule has 1 rings (SSSR count). The third-order valence-electron chi connectivity index (χ3n) is 2.10. The molecule has 0 heterocycles. The molecule has 70 valence electrons. The van der Waals surface area contributed by atoms with E-state index in [9.17, 15) is 0 Å². The van der Waals surface area contributed by atoms with Crippen molar-refractivity contribution in [3.05, 3.63) is 0 Å². The molecule has 0 bridgehead atoms. The summed E-state index contributed by atoms with van der Waals surface area (Å²) in [6.45, 7) is 2.36. The van der Waals surface area contributed by atoms with Crippen molar-refractivity contribution in [2.75, 3.05) is 14.2 Å². The minimum atomic E-state index is 0. The molecule has 2 nitrogen and oxygen atoms in total. The highest BCUT2D eigenvalue weighted by atomic mass is 16.6. The first kappa shape index (κ1) is 10.9.